The van der Waals surface area contributed by atoms with Crippen LogP contribution in [0.25, 0.3) is 0 Å². The van der Waals surface area contributed by atoms with Crippen molar-refractivity contribution < 1.29 is 19.4 Å². The molecule has 0 fully saturated rings. The van der Waals surface area contributed by atoms with Crippen LogP contribution in [0.4, 0.5) is 0 Å². The predicted octanol–water partition coefficient (Wildman–Crippen LogP) is 0.746. The highest BCUT2D eigenvalue weighted by atomic mass is 16.5. The molecule has 66 valence electrons. The summed E-state index contributed by atoms with van der Waals surface area (Å²) in [5.74, 6) is -1.82. The van der Waals surface area contributed by atoms with Gasteiger partial charge in [-0.05, 0) is 6.42 Å². The highest BCUT2D eigenvalue weighted by molar-refractivity contribution is 5.90. The molecule has 12 heavy (non-hydrogen) atoms. The molecule has 0 bridgehead atoms. The van der Waals surface area contributed by atoms with Crippen LogP contribution in [0, 0.1) is 0 Å². The van der Waals surface area contributed by atoms with E-state index in [1.165, 1.54) is 0 Å². The molecule has 0 rings (SSSR count). The van der Waals surface area contributed by atoms with Crippen LogP contribution in [0.15, 0.2) is 24.8 Å². The van der Waals surface area contributed by atoms with Crippen molar-refractivity contribution in [3.8, 4) is 0 Å². The van der Waals surface area contributed by atoms with E-state index in [0.29, 0.717) is 6.42 Å². The Labute approximate surface area is 70.1 Å². The normalized spacial score (nSPS) is 9.67. The summed E-state index contributed by atoms with van der Waals surface area (Å²) in [6.07, 6.45) is 3.77. The number of carbonyl (C=O) groups is 2. The number of esters is 1. The molecule has 0 aliphatic rings. The molecule has 0 amide bonds. The van der Waals surface area contributed by atoms with Gasteiger partial charge in [-0.2, -0.15) is 0 Å². The number of rotatable bonds is 5. The van der Waals surface area contributed by atoms with Gasteiger partial charge in [-0.25, -0.2) is 9.59 Å². The Morgan fingerprint density at radius 3 is 2.58 bits per heavy atom. The van der Waals surface area contributed by atoms with E-state index < -0.39 is 11.9 Å². The van der Waals surface area contributed by atoms with Crippen molar-refractivity contribution >= 4 is 11.9 Å². The molecule has 0 aromatic heterocycles. The molecular weight excluding hydrogens is 160 g/mol. The fourth-order valence-corrected chi connectivity index (χ4v) is 0.430. The van der Waals surface area contributed by atoms with Crippen molar-refractivity contribution in [1.82, 2.24) is 0 Å². The Kier molecular flexibility index (Phi) is 5.34. The topological polar surface area (TPSA) is 63.6 Å². The van der Waals surface area contributed by atoms with Crippen molar-refractivity contribution in [2.75, 3.05) is 6.61 Å². The van der Waals surface area contributed by atoms with Gasteiger partial charge in [0.25, 0.3) is 0 Å². The zero-order chi connectivity index (χ0) is 9.40. The Morgan fingerprint density at radius 1 is 1.42 bits per heavy atom. The molecule has 0 saturated carbocycles. The van der Waals surface area contributed by atoms with Crippen LogP contribution in [0.3, 0.4) is 0 Å². The van der Waals surface area contributed by atoms with E-state index >= 15 is 0 Å². The van der Waals surface area contributed by atoms with Crippen molar-refractivity contribution in [2.45, 2.75) is 6.42 Å². The van der Waals surface area contributed by atoms with E-state index in [1.807, 2.05) is 0 Å². The lowest BCUT2D eigenvalue weighted by atomic mass is 10.4. The SMILES string of the molecule is C=CCCOC(=O)C=CC(=O)O. The van der Waals surface area contributed by atoms with Gasteiger partial charge in [-0.1, -0.05) is 6.08 Å². The molecule has 4 heteroatoms. The fraction of sp³-hybridized carbons (Fsp3) is 0.250. The highest BCUT2D eigenvalue weighted by Crippen LogP contribution is 1.86. The third kappa shape index (κ3) is 6.54. The fourth-order valence-electron chi connectivity index (χ4n) is 0.430. The molecule has 0 unspecified atom stereocenters. The first-order valence-corrected chi connectivity index (χ1v) is 3.35. The average molecular weight is 170 g/mol. The maximum atomic E-state index is 10.6. The Bertz CT molecular complexity index is 205. The van der Waals surface area contributed by atoms with Crippen LogP contribution in [0.2, 0.25) is 0 Å². The van der Waals surface area contributed by atoms with Crippen molar-refractivity contribution in [3.63, 3.8) is 0 Å². The largest absolute Gasteiger partial charge is 0.478 e. The summed E-state index contributed by atoms with van der Waals surface area (Å²) in [7, 11) is 0. The van der Waals surface area contributed by atoms with Gasteiger partial charge in [0, 0.05) is 12.2 Å². The third-order valence-electron chi connectivity index (χ3n) is 0.928. The third-order valence-corrected chi connectivity index (χ3v) is 0.928. The molecular formula is C8H10O4. The van der Waals surface area contributed by atoms with E-state index in [1.54, 1.807) is 6.08 Å². The molecule has 0 aromatic rings. The zero-order valence-corrected chi connectivity index (χ0v) is 6.53. The van der Waals surface area contributed by atoms with E-state index in [-0.39, 0.29) is 6.61 Å². The van der Waals surface area contributed by atoms with Gasteiger partial charge in [-0.3, -0.25) is 0 Å². The van der Waals surface area contributed by atoms with Gasteiger partial charge in [-0.15, -0.1) is 6.58 Å². The summed E-state index contributed by atoms with van der Waals surface area (Å²) in [5.41, 5.74) is 0. The maximum absolute atomic E-state index is 10.6. The number of carboxylic acids is 1. The van der Waals surface area contributed by atoms with Gasteiger partial charge < -0.3 is 9.84 Å². The summed E-state index contributed by atoms with van der Waals surface area (Å²) in [5, 5.41) is 8.12. The van der Waals surface area contributed by atoms with Gasteiger partial charge in [0.1, 0.15) is 0 Å². The van der Waals surface area contributed by atoms with Crippen LogP contribution >= 0.6 is 0 Å². The second-order valence-corrected chi connectivity index (χ2v) is 1.92. The van der Waals surface area contributed by atoms with Crippen molar-refractivity contribution in [2.24, 2.45) is 0 Å². The number of carboxylic acid groups (broad SMARTS) is 1. The van der Waals surface area contributed by atoms with Crippen molar-refractivity contribution in [1.29, 1.82) is 0 Å². The molecule has 1 N–H and O–H groups in total. The molecule has 0 spiro atoms. The molecule has 0 aromatic carbocycles. The monoisotopic (exact) mass is 170 g/mol. The van der Waals surface area contributed by atoms with Crippen LogP contribution in [-0.4, -0.2) is 23.7 Å². The van der Waals surface area contributed by atoms with Gasteiger partial charge in [0.2, 0.25) is 0 Å². The zero-order valence-electron chi connectivity index (χ0n) is 6.53. The molecule has 0 aliphatic carbocycles. The second-order valence-electron chi connectivity index (χ2n) is 1.92. The van der Waals surface area contributed by atoms with E-state index in [4.69, 9.17) is 5.11 Å². The van der Waals surface area contributed by atoms with Gasteiger partial charge in [0.05, 0.1) is 6.61 Å². The minimum Gasteiger partial charge on any atom is -0.478 e. The first kappa shape index (κ1) is 10.4. The maximum Gasteiger partial charge on any atom is 0.331 e. The Hall–Kier alpha value is -1.58. The highest BCUT2D eigenvalue weighted by Gasteiger charge is 1.95. The van der Waals surface area contributed by atoms with Crippen LogP contribution < -0.4 is 0 Å². The standard InChI is InChI=1S/C8H10O4/c1-2-3-6-12-8(11)5-4-7(9)10/h2,4-5H,1,3,6H2,(H,9,10). The quantitative estimate of drug-likeness (QED) is 0.286. The number of aliphatic carboxylic acids is 1. The number of hydrogen-bond acceptors (Lipinski definition) is 3. The summed E-state index contributed by atoms with van der Waals surface area (Å²) in [4.78, 5) is 20.5. The summed E-state index contributed by atoms with van der Waals surface area (Å²) >= 11 is 0. The lowest BCUT2D eigenvalue weighted by molar-refractivity contribution is -0.138. The lowest BCUT2D eigenvalue weighted by Gasteiger charge is -1.96. The molecule has 0 aliphatic heterocycles. The second kappa shape index (κ2) is 6.15. The lowest BCUT2D eigenvalue weighted by Crippen LogP contribution is -2.02. The van der Waals surface area contributed by atoms with Gasteiger partial charge in [0.15, 0.2) is 0 Å². The van der Waals surface area contributed by atoms with E-state index in [2.05, 4.69) is 11.3 Å². The number of hydrogen-bond donors (Lipinski definition) is 1. The van der Waals surface area contributed by atoms with Crippen molar-refractivity contribution in [3.05, 3.63) is 24.8 Å². The summed E-state index contributed by atoms with van der Waals surface area (Å²) in [6, 6.07) is 0. The number of ether oxygens (including phenoxy) is 1. The molecule has 0 heterocycles. The molecule has 0 atom stereocenters. The van der Waals surface area contributed by atoms with Crippen LogP contribution in [-0.2, 0) is 14.3 Å². The Balaban J connectivity index is 3.59. The first-order valence-electron chi connectivity index (χ1n) is 3.35. The predicted molar refractivity (Wildman–Crippen MR) is 42.5 cm³/mol. The molecule has 0 saturated heterocycles. The minimum atomic E-state index is -1.17. The molecule has 0 radical (unpaired) electrons. The van der Waals surface area contributed by atoms with Crippen LogP contribution in [0.1, 0.15) is 6.42 Å². The van der Waals surface area contributed by atoms with Gasteiger partial charge >= 0.3 is 11.9 Å². The smallest absolute Gasteiger partial charge is 0.331 e. The summed E-state index contributed by atoms with van der Waals surface area (Å²) in [6.45, 7) is 3.66. The minimum absolute atomic E-state index is 0.228. The van der Waals surface area contributed by atoms with E-state index in [0.717, 1.165) is 12.2 Å². The van der Waals surface area contributed by atoms with Crippen LogP contribution in [0.5, 0.6) is 0 Å². The average Bonchev–Trinajstić information content (AvgIpc) is 2.01. The summed E-state index contributed by atoms with van der Waals surface area (Å²) < 4.78 is 4.57. The first-order chi connectivity index (χ1) is 5.66. The number of carbonyl (C=O) groups excluding carboxylic acids is 1. The van der Waals surface area contributed by atoms with E-state index in [9.17, 15) is 9.59 Å². The Morgan fingerprint density at radius 2 is 2.08 bits per heavy atom. The molecule has 4 nitrogen and oxygen atoms in total.